The summed E-state index contributed by atoms with van der Waals surface area (Å²) in [6.45, 7) is 12.1. The summed E-state index contributed by atoms with van der Waals surface area (Å²) in [7, 11) is 0. The molecule has 0 unspecified atom stereocenters. The molecule has 1 saturated heterocycles. The van der Waals surface area contributed by atoms with Crippen molar-refractivity contribution in [2.45, 2.75) is 77.5 Å². The number of hydrogen-bond donors (Lipinski definition) is 0. The van der Waals surface area contributed by atoms with E-state index < -0.39 is 29.0 Å². The van der Waals surface area contributed by atoms with Crippen molar-refractivity contribution >= 4 is 17.9 Å². The summed E-state index contributed by atoms with van der Waals surface area (Å²) in [6, 6.07) is 0. The number of esters is 3. The highest BCUT2D eigenvalue weighted by Gasteiger charge is 2.47. The van der Waals surface area contributed by atoms with Gasteiger partial charge in [0, 0.05) is 29.5 Å². The number of rotatable bonds is 8. The molecular formula is C19H30NO7. The largest absolute Gasteiger partial charge is 0.462 e. The topological polar surface area (TPSA) is 102 Å². The molecule has 0 bridgehead atoms. The van der Waals surface area contributed by atoms with Crippen LogP contribution in [0.5, 0.6) is 0 Å². The molecule has 8 heteroatoms. The van der Waals surface area contributed by atoms with Gasteiger partial charge in [0.1, 0.15) is 19.3 Å². The lowest BCUT2D eigenvalue weighted by Gasteiger charge is -2.49. The molecule has 0 aliphatic carbocycles. The van der Waals surface area contributed by atoms with Crippen LogP contribution in [0, 0.1) is 0 Å². The highest BCUT2D eigenvalue weighted by atomic mass is 16.6. The second-order valence-electron chi connectivity index (χ2n) is 8.08. The minimum Gasteiger partial charge on any atom is -0.462 e. The fourth-order valence-corrected chi connectivity index (χ4v) is 3.19. The zero-order valence-electron chi connectivity index (χ0n) is 16.8. The smallest absolute Gasteiger partial charge is 0.333 e. The lowest BCUT2D eigenvalue weighted by molar-refractivity contribution is -0.299. The number of carbonyl (C=O) groups is 3. The van der Waals surface area contributed by atoms with Gasteiger partial charge in [-0.2, -0.15) is 0 Å². The maximum absolute atomic E-state index is 12.3. The second kappa shape index (κ2) is 9.32. The maximum Gasteiger partial charge on any atom is 0.333 e. The Morgan fingerprint density at radius 1 is 0.963 bits per heavy atom. The van der Waals surface area contributed by atoms with Crippen molar-refractivity contribution in [3.05, 3.63) is 12.2 Å². The number of hydroxylamine groups is 2. The number of ether oxygens (including phenoxy) is 3. The van der Waals surface area contributed by atoms with Gasteiger partial charge >= 0.3 is 17.9 Å². The van der Waals surface area contributed by atoms with E-state index in [1.54, 1.807) is 0 Å². The molecule has 0 amide bonds. The van der Waals surface area contributed by atoms with Gasteiger partial charge < -0.3 is 14.2 Å². The molecule has 0 N–H and O–H groups in total. The standard InChI is InChI=1S/C19H30NO7/c1-13(2)17(23)26-10-9-25-15(21)7-8-16(22)27-14-11-18(3,4)20(24)19(5,6)12-14/h14H,1,7-12H2,2-6H3. The molecule has 0 spiro atoms. The van der Waals surface area contributed by atoms with Crippen LogP contribution in [0.1, 0.15) is 60.3 Å². The number of hydrogen-bond acceptors (Lipinski definition) is 7. The molecule has 1 aliphatic rings. The van der Waals surface area contributed by atoms with Crippen molar-refractivity contribution in [2.24, 2.45) is 0 Å². The zero-order chi connectivity index (χ0) is 20.8. The van der Waals surface area contributed by atoms with E-state index in [4.69, 9.17) is 14.2 Å². The van der Waals surface area contributed by atoms with Gasteiger partial charge in [-0.25, -0.2) is 4.79 Å². The predicted octanol–water partition coefficient (Wildman–Crippen LogP) is 2.34. The van der Waals surface area contributed by atoms with Crippen LogP contribution in [0.3, 0.4) is 0 Å². The molecule has 0 aromatic carbocycles. The summed E-state index contributed by atoms with van der Waals surface area (Å²) in [5.41, 5.74) is -1.00. The van der Waals surface area contributed by atoms with E-state index in [0.717, 1.165) is 5.06 Å². The van der Waals surface area contributed by atoms with Crippen LogP contribution in [0.15, 0.2) is 12.2 Å². The highest BCUT2D eigenvalue weighted by Crippen LogP contribution is 2.38. The van der Waals surface area contributed by atoms with Gasteiger partial charge in [-0.15, -0.1) is 10.3 Å². The first-order valence-corrected chi connectivity index (χ1v) is 9.00. The monoisotopic (exact) mass is 384 g/mol. The van der Waals surface area contributed by atoms with Crippen molar-refractivity contribution in [1.82, 2.24) is 5.06 Å². The Kier molecular flexibility index (Phi) is 7.98. The van der Waals surface area contributed by atoms with Crippen molar-refractivity contribution < 1.29 is 33.8 Å². The number of piperidine rings is 1. The fourth-order valence-electron chi connectivity index (χ4n) is 3.19. The quantitative estimate of drug-likeness (QED) is 0.274. The normalized spacial score (nSPS) is 19.2. The van der Waals surface area contributed by atoms with Crippen molar-refractivity contribution in [1.29, 1.82) is 0 Å². The van der Waals surface area contributed by atoms with E-state index in [1.165, 1.54) is 6.92 Å². The molecule has 0 aromatic heterocycles. The van der Waals surface area contributed by atoms with Crippen LogP contribution < -0.4 is 0 Å². The van der Waals surface area contributed by atoms with E-state index in [0.29, 0.717) is 12.8 Å². The van der Waals surface area contributed by atoms with Gasteiger partial charge in [0.15, 0.2) is 0 Å². The van der Waals surface area contributed by atoms with Gasteiger partial charge in [0.25, 0.3) is 0 Å². The molecule has 153 valence electrons. The minimum absolute atomic E-state index is 0.0696. The fraction of sp³-hybridized carbons (Fsp3) is 0.737. The van der Waals surface area contributed by atoms with Crippen LogP contribution in [-0.2, 0) is 33.8 Å². The minimum atomic E-state index is -0.632. The molecule has 0 atom stereocenters. The average Bonchev–Trinajstić information content (AvgIpc) is 2.53. The van der Waals surface area contributed by atoms with Crippen LogP contribution in [0.4, 0.5) is 0 Å². The molecule has 8 nitrogen and oxygen atoms in total. The van der Waals surface area contributed by atoms with Gasteiger partial charge in [0.05, 0.1) is 12.8 Å². The summed E-state index contributed by atoms with van der Waals surface area (Å²) in [5.74, 6) is -1.63. The molecule has 0 saturated carbocycles. The van der Waals surface area contributed by atoms with Crippen LogP contribution in [0.25, 0.3) is 0 Å². The van der Waals surface area contributed by atoms with Crippen LogP contribution >= 0.6 is 0 Å². The third-order valence-electron chi connectivity index (χ3n) is 4.31. The summed E-state index contributed by atoms with van der Waals surface area (Å²) < 4.78 is 15.1. The van der Waals surface area contributed by atoms with E-state index in [-0.39, 0.29) is 37.7 Å². The molecule has 1 radical (unpaired) electrons. The summed E-state index contributed by atoms with van der Waals surface area (Å²) in [4.78, 5) is 34.8. The molecular weight excluding hydrogens is 354 g/mol. The number of nitrogens with zero attached hydrogens (tertiary/aromatic N) is 1. The molecule has 1 heterocycles. The molecule has 27 heavy (non-hydrogen) atoms. The van der Waals surface area contributed by atoms with Gasteiger partial charge in [-0.3, -0.25) is 9.59 Å². The Morgan fingerprint density at radius 2 is 1.44 bits per heavy atom. The Morgan fingerprint density at radius 3 is 1.96 bits per heavy atom. The first-order chi connectivity index (χ1) is 12.3. The lowest BCUT2D eigenvalue weighted by Crippen LogP contribution is -2.60. The van der Waals surface area contributed by atoms with E-state index in [2.05, 4.69) is 6.58 Å². The zero-order valence-corrected chi connectivity index (χ0v) is 16.8. The van der Waals surface area contributed by atoms with Crippen LogP contribution in [0.2, 0.25) is 0 Å². The van der Waals surface area contributed by atoms with Crippen molar-refractivity contribution in [3.8, 4) is 0 Å². The first kappa shape index (κ1) is 23.1. The lowest BCUT2D eigenvalue weighted by atomic mass is 9.80. The summed E-state index contributed by atoms with van der Waals surface area (Å²) >= 11 is 0. The summed E-state index contributed by atoms with van der Waals surface area (Å²) in [6.07, 6.45) is 0.266. The molecule has 1 aliphatic heterocycles. The van der Waals surface area contributed by atoms with E-state index in [9.17, 15) is 19.6 Å². The van der Waals surface area contributed by atoms with Gasteiger partial charge in [0.2, 0.25) is 0 Å². The number of carbonyl (C=O) groups excluding carboxylic acids is 3. The van der Waals surface area contributed by atoms with Gasteiger partial charge in [-0.05, 0) is 34.6 Å². The van der Waals surface area contributed by atoms with E-state index >= 15 is 0 Å². The van der Waals surface area contributed by atoms with Crippen molar-refractivity contribution in [3.63, 3.8) is 0 Å². The third kappa shape index (κ3) is 7.30. The molecule has 1 fully saturated rings. The van der Waals surface area contributed by atoms with Gasteiger partial charge in [-0.1, -0.05) is 6.58 Å². The Labute approximate surface area is 160 Å². The first-order valence-electron chi connectivity index (χ1n) is 9.00. The predicted molar refractivity (Wildman–Crippen MR) is 95.8 cm³/mol. The average molecular weight is 384 g/mol. The summed E-state index contributed by atoms with van der Waals surface area (Å²) in [5, 5.41) is 13.4. The third-order valence-corrected chi connectivity index (χ3v) is 4.31. The second-order valence-corrected chi connectivity index (χ2v) is 8.08. The Hall–Kier alpha value is -1.93. The Bertz CT molecular complexity index is 565. The molecule has 0 aromatic rings. The SMILES string of the molecule is C=C(C)C(=O)OCCOC(=O)CCC(=O)OC1CC(C)(C)N([O])C(C)(C)C1. The molecule has 1 rings (SSSR count). The van der Waals surface area contributed by atoms with Crippen molar-refractivity contribution in [2.75, 3.05) is 13.2 Å². The van der Waals surface area contributed by atoms with Crippen LogP contribution in [-0.4, -0.2) is 53.4 Å². The highest BCUT2D eigenvalue weighted by molar-refractivity contribution is 5.86. The van der Waals surface area contributed by atoms with E-state index in [1.807, 2.05) is 27.7 Å². The Balaban J connectivity index is 2.31. The maximum atomic E-state index is 12.3.